The third-order valence-corrected chi connectivity index (χ3v) is 3.15. The van der Waals surface area contributed by atoms with E-state index in [9.17, 15) is 4.79 Å². The molecule has 2 aromatic rings. The van der Waals surface area contributed by atoms with Crippen LogP contribution in [0.15, 0.2) is 24.3 Å². The number of fused-ring (bicyclic) bond motifs is 1. The molecule has 0 bridgehead atoms. The SMILES string of the molecule is CCCc1c(C(C)C(=O)O)[nH]c2ccccc12. The molecular weight excluding hydrogens is 214 g/mol. The van der Waals surface area contributed by atoms with Crippen molar-refractivity contribution < 1.29 is 9.90 Å². The maximum absolute atomic E-state index is 11.1. The van der Waals surface area contributed by atoms with Crippen LogP contribution < -0.4 is 0 Å². The van der Waals surface area contributed by atoms with Gasteiger partial charge < -0.3 is 10.1 Å². The summed E-state index contributed by atoms with van der Waals surface area (Å²) in [6.07, 6.45) is 1.93. The van der Waals surface area contributed by atoms with Gasteiger partial charge in [-0.2, -0.15) is 0 Å². The Morgan fingerprint density at radius 2 is 2.12 bits per heavy atom. The fraction of sp³-hybridized carbons (Fsp3) is 0.357. The summed E-state index contributed by atoms with van der Waals surface area (Å²) in [6.45, 7) is 3.84. The van der Waals surface area contributed by atoms with Crippen LogP contribution in [0.25, 0.3) is 10.9 Å². The Balaban J connectivity index is 2.61. The average molecular weight is 231 g/mol. The lowest BCUT2D eigenvalue weighted by Gasteiger charge is -2.07. The first-order valence-electron chi connectivity index (χ1n) is 5.97. The first-order chi connectivity index (χ1) is 8.15. The molecule has 1 atom stereocenters. The van der Waals surface area contributed by atoms with E-state index in [0.717, 1.165) is 35.0 Å². The van der Waals surface area contributed by atoms with Crippen molar-refractivity contribution >= 4 is 16.9 Å². The van der Waals surface area contributed by atoms with E-state index in [0.29, 0.717) is 0 Å². The molecular formula is C14H17NO2. The van der Waals surface area contributed by atoms with Crippen LogP contribution in [0.2, 0.25) is 0 Å². The number of carboxylic acid groups (broad SMARTS) is 1. The summed E-state index contributed by atoms with van der Waals surface area (Å²) >= 11 is 0. The molecule has 1 aromatic heterocycles. The second kappa shape index (κ2) is 4.62. The van der Waals surface area contributed by atoms with Crippen molar-refractivity contribution in [2.75, 3.05) is 0 Å². The molecule has 90 valence electrons. The van der Waals surface area contributed by atoms with Crippen molar-refractivity contribution in [2.24, 2.45) is 0 Å². The summed E-state index contributed by atoms with van der Waals surface area (Å²) in [5, 5.41) is 10.3. The third kappa shape index (κ3) is 2.05. The quantitative estimate of drug-likeness (QED) is 0.848. The average Bonchev–Trinajstić information content (AvgIpc) is 2.68. The number of hydrogen-bond acceptors (Lipinski definition) is 1. The van der Waals surface area contributed by atoms with Gasteiger partial charge in [-0.05, 0) is 25.0 Å². The van der Waals surface area contributed by atoms with E-state index in [1.54, 1.807) is 6.92 Å². The van der Waals surface area contributed by atoms with Crippen LogP contribution in [0.4, 0.5) is 0 Å². The van der Waals surface area contributed by atoms with Gasteiger partial charge in [-0.15, -0.1) is 0 Å². The minimum absolute atomic E-state index is 0.482. The largest absolute Gasteiger partial charge is 0.481 e. The van der Waals surface area contributed by atoms with Gasteiger partial charge in [-0.3, -0.25) is 4.79 Å². The highest BCUT2D eigenvalue weighted by atomic mass is 16.4. The molecule has 0 aliphatic heterocycles. The number of carbonyl (C=O) groups is 1. The summed E-state index contributed by atoms with van der Waals surface area (Å²) < 4.78 is 0. The van der Waals surface area contributed by atoms with Crippen molar-refractivity contribution in [2.45, 2.75) is 32.6 Å². The number of aromatic amines is 1. The highest BCUT2D eigenvalue weighted by Crippen LogP contribution is 2.28. The fourth-order valence-electron chi connectivity index (χ4n) is 2.23. The maximum atomic E-state index is 11.1. The number of nitrogens with one attached hydrogen (secondary N) is 1. The monoisotopic (exact) mass is 231 g/mol. The first-order valence-corrected chi connectivity index (χ1v) is 5.97. The van der Waals surface area contributed by atoms with Gasteiger partial charge >= 0.3 is 5.97 Å². The van der Waals surface area contributed by atoms with Crippen LogP contribution in [0.3, 0.4) is 0 Å². The van der Waals surface area contributed by atoms with E-state index in [1.165, 1.54) is 0 Å². The number of hydrogen-bond donors (Lipinski definition) is 2. The van der Waals surface area contributed by atoms with Gasteiger partial charge in [0.25, 0.3) is 0 Å². The number of carboxylic acids is 1. The molecule has 2 rings (SSSR count). The number of benzene rings is 1. The van der Waals surface area contributed by atoms with Crippen LogP contribution >= 0.6 is 0 Å². The molecule has 0 saturated carbocycles. The topological polar surface area (TPSA) is 53.1 Å². The van der Waals surface area contributed by atoms with E-state index in [-0.39, 0.29) is 0 Å². The van der Waals surface area contributed by atoms with E-state index >= 15 is 0 Å². The molecule has 0 aliphatic carbocycles. The molecule has 0 amide bonds. The summed E-state index contributed by atoms with van der Waals surface area (Å²) in [5.74, 6) is -1.27. The molecule has 3 heteroatoms. The van der Waals surface area contributed by atoms with Gasteiger partial charge in [0.05, 0.1) is 5.92 Å². The number of para-hydroxylation sites is 1. The molecule has 0 saturated heterocycles. The van der Waals surface area contributed by atoms with Crippen molar-refractivity contribution in [3.8, 4) is 0 Å². The zero-order valence-corrected chi connectivity index (χ0v) is 10.2. The lowest BCUT2D eigenvalue weighted by Crippen LogP contribution is -2.09. The van der Waals surface area contributed by atoms with Crippen LogP contribution in [0, 0.1) is 0 Å². The highest BCUT2D eigenvalue weighted by Gasteiger charge is 2.20. The standard InChI is InChI=1S/C14H17NO2/c1-3-6-11-10-7-4-5-8-12(10)15-13(11)9(2)14(16)17/h4-5,7-9,15H,3,6H2,1-2H3,(H,16,17). The third-order valence-electron chi connectivity index (χ3n) is 3.15. The van der Waals surface area contributed by atoms with Crippen molar-refractivity contribution in [1.82, 2.24) is 4.98 Å². The second-order valence-corrected chi connectivity index (χ2v) is 4.37. The Kier molecular flexibility index (Phi) is 3.18. The lowest BCUT2D eigenvalue weighted by atomic mass is 9.99. The van der Waals surface area contributed by atoms with Crippen molar-refractivity contribution in [3.05, 3.63) is 35.5 Å². The minimum Gasteiger partial charge on any atom is -0.481 e. The zero-order valence-electron chi connectivity index (χ0n) is 10.2. The van der Waals surface area contributed by atoms with E-state index in [1.807, 2.05) is 18.2 Å². The molecule has 0 spiro atoms. The minimum atomic E-state index is -0.783. The van der Waals surface area contributed by atoms with Gasteiger partial charge in [-0.1, -0.05) is 31.5 Å². The Hall–Kier alpha value is -1.77. The van der Waals surface area contributed by atoms with Crippen molar-refractivity contribution in [1.29, 1.82) is 0 Å². The fourth-order valence-corrected chi connectivity index (χ4v) is 2.23. The molecule has 1 heterocycles. The number of H-pyrrole nitrogens is 1. The van der Waals surface area contributed by atoms with Gasteiger partial charge in [-0.25, -0.2) is 0 Å². The zero-order chi connectivity index (χ0) is 12.4. The Labute approximate surface area is 100 Å². The van der Waals surface area contributed by atoms with Gasteiger partial charge in [0.2, 0.25) is 0 Å². The van der Waals surface area contributed by atoms with Crippen LogP contribution in [-0.2, 0) is 11.2 Å². The Morgan fingerprint density at radius 3 is 2.76 bits per heavy atom. The van der Waals surface area contributed by atoms with Gasteiger partial charge in [0, 0.05) is 16.6 Å². The molecule has 3 nitrogen and oxygen atoms in total. The van der Waals surface area contributed by atoms with Crippen LogP contribution in [0.1, 0.15) is 37.4 Å². The summed E-state index contributed by atoms with van der Waals surface area (Å²) in [6, 6.07) is 8.00. The van der Waals surface area contributed by atoms with E-state index in [4.69, 9.17) is 5.11 Å². The summed E-state index contributed by atoms with van der Waals surface area (Å²) in [7, 11) is 0. The number of rotatable bonds is 4. The van der Waals surface area contributed by atoms with Gasteiger partial charge in [0.1, 0.15) is 0 Å². The van der Waals surface area contributed by atoms with E-state index in [2.05, 4.69) is 18.0 Å². The van der Waals surface area contributed by atoms with E-state index < -0.39 is 11.9 Å². The molecule has 2 N–H and O–H groups in total. The Morgan fingerprint density at radius 1 is 1.41 bits per heavy atom. The van der Waals surface area contributed by atoms with Gasteiger partial charge in [0.15, 0.2) is 0 Å². The van der Waals surface area contributed by atoms with Crippen molar-refractivity contribution in [3.63, 3.8) is 0 Å². The summed E-state index contributed by atoms with van der Waals surface area (Å²) in [5.41, 5.74) is 3.03. The molecule has 0 fully saturated rings. The predicted octanol–water partition coefficient (Wildman–Crippen LogP) is 3.31. The number of aryl methyl sites for hydroxylation is 1. The predicted molar refractivity (Wildman–Crippen MR) is 68.3 cm³/mol. The molecule has 1 aromatic carbocycles. The second-order valence-electron chi connectivity index (χ2n) is 4.37. The molecule has 0 aliphatic rings. The molecule has 1 unspecified atom stereocenters. The smallest absolute Gasteiger partial charge is 0.312 e. The number of aliphatic carboxylic acids is 1. The molecule has 0 radical (unpaired) electrons. The normalized spacial score (nSPS) is 12.8. The highest BCUT2D eigenvalue weighted by molar-refractivity contribution is 5.87. The lowest BCUT2D eigenvalue weighted by molar-refractivity contribution is -0.138. The molecule has 17 heavy (non-hydrogen) atoms. The van der Waals surface area contributed by atoms with Crippen LogP contribution in [-0.4, -0.2) is 16.1 Å². The first kappa shape index (κ1) is 11.7. The summed E-state index contributed by atoms with van der Waals surface area (Å²) in [4.78, 5) is 14.4. The van der Waals surface area contributed by atoms with Crippen LogP contribution in [0.5, 0.6) is 0 Å². The maximum Gasteiger partial charge on any atom is 0.312 e. The Bertz CT molecular complexity index is 542. The number of aromatic nitrogens is 1.